The first-order valence-corrected chi connectivity index (χ1v) is 7.68. The molecule has 0 aliphatic carbocycles. The minimum atomic E-state index is -4.79. The molecular weight excluding hydrogens is 357 g/mol. The van der Waals surface area contributed by atoms with Crippen molar-refractivity contribution in [2.75, 3.05) is 6.73 Å². The largest absolute Gasteiger partial charge is 1.00 e. The molecule has 0 spiro atoms. The molecule has 0 saturated carbocycles. The predicted molar refractivity (Wildman–Crippen MR) is 74.4 cm³/mol. The van der Waals surface area contributed by atoms with E-state index in [0.717, 1.165) is 11.1 Å². The van der Waals surface area contributed by atoms with E-state index in [9.17, 15) is 17.8 Å². The van der Waals surface area contributed by atoms with Gasteiger partial charge < -0.3 is 14.6 Å². The van der Waals surface area contributed by atoms with Crippen molar-refractivity contribution in [3.63, 3.8) is 0 Å². The van der Waals surface area contributed by atoms with Gasteiger partial charge in [-0.3, -0.25) is 4.90 Å². The third kappa shape index (κ3) is 5.10. The molecule has 1 aliphatic heterocycles. The molecule has 1 unspecified atom stereocenters. The van der Waals surface area contributed by atoms with Crippen LogP contribution in [0.4, 0.5) is 4.79 Å². The van der Waals surface area contributed by atoms with Gasteiger partial charge in [-0.15, -0.1) is 0 Å². The van der Waals surface area contributed by atoms with Gasteiger partial charge in [-0.05, 0) is 18.2 Å². The summed E-state index contributed by atoms with van der Waals surface area (Å²) in [5.74, 6) is 0.343. The van der Waals surface area contributed by atoms with Gasteiger partial charge in [0.1, 0.15) is 15.9 Å². The molecule has 1 N–H and O–H groups in total. The summed E-state index contributed by atoms with van der Waals surface area (Å²) in [5, 5.41) is 8.59. The zero-order valence-corrected chi connectivity index (χ0v) is 15.5. The van der Waals surface area contributed by atoms with Gasteiger partial charge in [0.05, 0.1) is 16.7 Å². The van der Waals surface area contributed by atoms with Crippen LogP contribution in [-0.4, -0.2) is 36.0 Å². The van der Waals surface area contributed by atoms with Crippen LogP contribution < -0.4 is 39.6 Å². The average Bonchev–Trinajstić information content (AvgIpc) is 2.46. The van der Waals surface area contributed by atoms with Gasteiger partial charge in [0.2, 0.25) is 0 Å². The van der Waals surface area contributed by atoms with Crippen molar-refractivity contribution in [1.82, 2.24) is 10.2 Å². The number of halogens is 1. The van der Waals surface area contributed by atoms with E-state index in [4.69, 9.17) is 21.6 Å². The van der Waals surface area contributed by atoms with Gasteiger partial charge in [-0.2, -0.15) is 5.26 Å². The number of urea groups is 1. The number of carbonyl (C=O) groups excluding carboxylic acids is 1. The molecule has 1 atom stereocenters. The average molecular weight is 366 g/mol. The van der Waals surface area contributed by atoms with E-state index in [-0.39, 0.29) is 41.3 Å². The summed E-state index contributed by atoms with van der Waals surface area (Å²) in [6.07, 6.45) is 1.01. The minimum absolute atomic E-state index is 0. The fraction of sp³-hybridized carbons (Fsp3) is 0.167. The summed E-state index contributed by atoms with van der Waals surface area (Å²) < 4.78 is 38.1. The van der Waals surface area contributed by atoms with Crippen LogP contribution in [0.3, 0.4) is 0 Å². The van der Waals surface area contributed by atoms with Crippen LogP contribution in [0.15, 0.2) is 35.5 Å². The Kier molecular flexibility index (Phi) is 6.88. The van der Waals surface area contributed by atoms with Crippen molar-refractivity contribution in [2.45, 2.75) is 5.37 Å². The molecule has 0 fully saturated rings. The maximum absolute atomic E-state index is 11.7. The van der Waals surface area contributed by atoms with Gasteiger partial charge in [0, 0.05) is 6.20 Å². The van der Waals surface area contributed by atoms with Gasteiger partial charge in [0.25, 0.3) is 0 Å². The number of hydrogen-bond donors (Lipinski definition) is 1. The number of benzene rings is 1. The number of nitrogens with zero attached hydrogens (tertiary/aromatic N) is 2. The maximum atomic E-state index is 11.7. The molecule has 11 heteroatoms. The quantitative estimate of drug-likeness (QED) is 0.480. The molecule has 0 saturated heterocycles. The molecule has 23 heavy (non-hydrogen) atoms. The first kappa shape index (κ1) is 19.8. The molecule has 0 aromatic heterocycles. The zero-order valence-electron chi connectivity index (χ0n) is 11.9. The van der Waals surface area contributed by atoms with Crippen LogP contribution in [0.1, 0.15) is 5.56 Å². The Morgan fingerprint density at radius 3 is 2.78 bits per heavy atom. The summed E-state index contributed by atoms with van der Waals surface area (Å²) >= 11 is 5.68. The van der Waals surface area contributed by atoms with Crippen LogP contribution >= 0.6 is 11.6 Å². The predicted octanol–water partition coefficient (Wildman–Crippen LogP) is -2.12. The first-order chi connectivity index (χ1) is 10.3. The second-order valence-corrected chi connectivity index (χ2v) is 6.11. The fourth-order valence-electron chi connectivity index (χ4n) is 1.64. The van der Waals surface area contributed by atoms with E-state index >= 15 is 0 Å². The van der Waals surface area contributed by atoms with Gasteiger partial charge in [-0.1, -0.05) is 17.7 Å². The molecular formula is C12H9ClN3NaO5S. The van der Waals surface area contributed by atoms with Crippen molar-refractivity contribution in [3.8, 4) is 11.8 Å². The van der Waals surface area contributed by atoms with Crippen molar-refractivity contribution >= 4 is 27.8 Å². The maximum Gasteiger partial charge on any atom is 1.00 e. The second-order valence-electron chi connectivity index (χ2n) is 4.22. The normalized spacial score (nSPS) is 17.4. The number of ether oxygens (including phenoxy) is 1. The molecule has 1 aromatic carbocycles. The Morgan fingerprint density at radius 1 is 1.48 bits per heavy atom. The molecule has 2 amide bonds. The van der Waals surface area contributed by atoms with Crippen molar-refractivity contribution < 1.29 is 52.1 Å². The molecule has 0 bridgehead atoms. The molecule has 1 aliphatic rings. The van der Waals surface area contributed by atoms with Gasteiger partial charge >= 0.3 is 35.6 Å². The van der Waals surface area contributed by atoms with E-state index in [1.807, 2.05) is 11.4 Å². The number of amides is 2. The first-order valence-electron chi connectivity index (χ1n) is 5.83. The van der Waals surface area contributed by atoms with E-state index in [1.165, 1.54) is 6.07 Å². The van der Waals surface area contributed by atoms with Gasteiger partial charge in [0.15, 0.2) is 12.1 Å². The molecule has 0 radical (unpaired) electrons. The summed E-state index contributed by atoms with van der Waals surface area (Å²) in [6.45, 7) is -0.275. The molecule has 116 valence electrons. The number of nitriles is 1. The Morgan fingerprint density at radius 2 is 2.17 bits per heavy atom. The van der Waals surface area contributed by atoms with E-state index in [2.05, 4.69) is 0 Å². The van der Waals surface area contributed by atoms with Crippen LogP contribution in [0.2, 0.25) is 0 Å². The standard InChI is InChI=1S/C12H10ClN3O5S.Na/c13-10-6-16(12(17)15-11(10)22(18,19)20)7-21-9-3-1-2-8(4-9)5-14;/h1-4,6,11H,7H2,(H,15,17)(H,18,19,20);/q;+1/p-1. The van der Waals surface area contributed by atoms with Crippen LogP contribution in [-0.2, 0) is 10.1 Å². The van der Waals surface area contributed by atoms with E-state index in [1.54, 1.807) is 18.2 Å². The number of hydrogen-bond acceptors (Lipinski definition) is 6. The molecule has 1 heterocycles. The Labute approximate surface area is 159 Å². The van der Waals surface area contributed by atoms with E-state index in [0.29, 0.717) is 11.3 Å². The summed E-state index contributed by atoms with van der Waals surface area (Å²) in [6, 6.07) is 7.33. The molecule has 8 nitrogen and oxygen atoms in total. The molecule has 1 aromatic rings. The zero-order chi connectivity index (χ0) is 16.3. The minimum Gasteiger partial charge on any atom is -0.746 e. The number of rotatable bonds is 4. The third-order valence-corrected chi connectivity index (χ3v) is 4.06. The Hall–Kier alpha value is -1.28. The van der Waals surface area contributed by atoms with E-state index < -0.39 is 21.5 Å². The Bertz CT molecular complexity index is 777. The van der Waals surface area contributed by atoms with Crippen LogP contribution in [0, 0.1) is 11.3 Å². The van der Waals surface area contributed by atoms with Crippen LogP contribution in [0.5, 0.6) is 5.75 Å². The van der Waals surface area contributed by atoms with Crippen molar-refractivity contribution in [3.05, 3.63) is 41.1 Å². The topological polar surface area (TPSA) is 123 Å². The Balaban J connectivity index is 0.00000264. The second kappa shape index (κ2) is 8.01. The SMILES string of the molecule is N#Cc1cccc(OCN2C=C(Cl)C(S(=O)(=O)[O-])NC2=O)c1.[Na+]. The third-order valence-electron chi connectivity index (χ3n) is 2.67. The van der Waals surface area contributed by atoms with Crippen LogP contribution in [0.25, 0.3) is 0 Å². The summed E-state index contributed by atoms with van der Waals surface area (Å²) in [5.41, 5.74) is 0.381. The smallest absolute Gasteiger partial charge is 0.746 e. The number of carbonyl (C=O) groups is 1. The summed E-state index contributed by atoms with van der Waals surface area (Å²) in [4.78, 5) is 12.7. The van der Waals surface area contributed by atoms with Gasteiger partial charge in [-0.25, -0.2) is 13.2 Å². The number of nitrogens with one attached hydrogen (secondary N) is 1. The van der Waals surface area contributed by atoms with Crippen molar-refractivity contribution in [2.24, 2.45) is 0 Å². The molecule has 2 rings (SSSR count). The fourth-order valence-corrected chi connectivity index (χ4v) is 2.73. The monoisotopic (exact) mass is 365 g/mol. The van der Waals surface area contributed by atoms with Crippen molar-refractivity contribution in [1.29, 1.82) is 5.26 Å². The summed E-state index contributed by atoms with van der Waals surface area (Å²) in [7, 11) is -4.79.